The quantitative estimate of drug-likeness (QED) is 0.604. The van der Waals surface area contributed by atoms with Crippen LogP contribution in [0.25, 0.3) is 12.2 Å². The zero-order chi connectivity index (χ0) is 19.7. The SMILES string of the molecule is C=C/C=C(C)\C=C(/C=C)C(/C(C=C)=C/c1n[nH]nc1C=C)C(C)C(=O)O. The number of hydrogen-bond donors (Lipinski definition) is 2. The average molecular weight is 351 g/mol. The summed E-state index contributed by atoms with van der Waals surface area (Å²) < 4.78 is 0. The van der Waals surface area contributed by atoms with Gasteiger partial charge in [0.1, 0.15) is 11.4 Å². The molecule has 0 saturated carbocycles. The lowest BCUT2D eigenvalue weighted by molar-refractivity contribution is -0.142. The molecule has 1 heterocycles. The van der Waals surface area contributed by atoms with Crippen LogP contribution in [0.4, 0.5) is 0 Å². The highest BCUT2D eigenvalue weighted by Gasteiger charge is 2.28. The molecule has 1 rings (SSSR count). The van der Waals surface area contributed by atoms with Gasteiger partial charge in [-0.05, 0) is 30.2 Å². The van der Waals surface area contributed by atoms with E-state index in [0.717, 1.165) is 11.1 Å². The van der Waals surface area contributed by atoms with Crippen LogP contribution in [0, 0.1) is 11.8 Å². The number of rotatable bonds is 10. The second-order valence-electron chi connectivity index (χ2n) is 5.75. The van der Waals surface area contributed by atoms with Gasteiger partial charge in [0.15, 0.2) is 0 Å². The van der Waals surface area contributed by atoms with Crippen LogP contribution >= 0.6 is 0 Å². The molecule has 5 nitrogen and oxygen atoms in total. The van der Waals surface area contributed by atoms with E-state index < -0.39 is 17.8 Å². The minimum Gasteiger partial charge on any atom is -0.481 e. The molecule has 0 aliphatic rings. The van der Waals surface area contributed by atoms with E-state index >= 15 is 0 Å². The highest BCUT2D eigenvalue weighted by molar-refractivity contribution is 5.73. The lowest BCUT2D eigenvalue weighted by Crippen LogP contribution is -2.23. The van der Waals surface area contributed by atoms with Crippen molar-refractivity contribution in [3.05, 3.63) is 84.8 Å². The molecule has 1 aromatic heterocycles. The number of aromatic nitrogens is 3. The standard InChI is InChI=1S/C21H25N3O2/c1-7-11-14(5)12-16(8-2)20(15(6)21(25)26)17(9-3)13-19-18(10-4)22-24-23-19/h7-13,15,20H,1-4H2,5-6H3,(H,25,26)(H,22,23,24)/b14-11-,16-12+,17-13+. The number of aliphatic carboxylic acids is 1. The zero-order valence-electron chi connectivity index (χ0n) is 15.3. The van der Waals surface area contributed by atoms with Gasteiger partial charge in [-0.25, -0.2) is 0 Å². The van der Waals surface area contributed by atoms with Crippen molar-refractivity contribution >= 4 is 18.1 Å². The van der Waals surface area contributed by atoms with E-state index in [1.807, 2.05) is 19.1 Å². The molecule has 26 heavy (non-hydrogen) atoms. The predicted molar refractivity (Wildman–Crippen MR) is 107 cm³/mol. The van der Waals surface area contributed by atoms with Gasteiger partial charge in [-0.3, -0.25) is 4.79 Å². The summed E-state index contributed by atoms with van der Waals surface area (Å²) in [5.74, 6) is -2.06. The first-order chi connectivity index (χ1) is 12.4. The zero-order valence-corrected chi connectivity index (χ0v) is 15.3. The van der Waals surface area contributed by atoms with E-state index in [1.165, 1.54) is 0 Å². The Morgan fingerprint density at radius 2 is 1.73 bits per heavy atom. The van der Waals surface area contributed by atoms with E-state index in [2.05, 4.69) is 41.7 Å². The monoisotopic (exact) mass is 351 g/mol. The van der Waals surface area contributed by atoms with Crippen LogP contribution in [0.2, 0.25) is 0 Å². The van der Waals surface area contributed by atoms with Crippen molar-refractivity contribution in [2.75, 3.05) is 0 Å². The first-order valence-electron chi connectivity index (χ1n) is 8.12. The Kier molecular flexibility index (Phi) is 7.96. The van der Waals surface area contributed by atoms with Crippen LogP contribution in [-0.2, 0) is 4.79 Å². The largest absolute Gasteiger partial charge is 0.481 e. The van der Waals surface area contributed by atoms with Crippen LogP contribution < -0.4 is 0 Å². The van der Waals surface area contributed by atoms with Gasteiger partial charge < -0.3 is 5.11 Å². The number of H-pyrrole nitrogens is 1. The molecule has 2 N–H and O–H groups in total. The number of carbonyl (C=O) groups is 1. The summed E-state index contributed by atoms with van der Waals surface area (Å²) in [5.41, 5.74) is 3.56. The molecule has 2 atom stereocenters. The normalized spacial score (nSPS) is 15.1. The number of nitrogens with one attached hydrogen (secondary N) is 1. The first-order valence-corrected chi connectivity index (χ1v) is 8.12. The van der Waals surface area contributed by atoms with Crippen LogP contribution in [0.3, 0.4) is 0 Å². The minimum atomic E-state index is -0.912. The molecule has 0 saturated heterocycles. The smallest absolute Gasteiger partial charge is 0.307 e. The second kappa shape index (κ2) is 9.93. The summed E-state index contributed by atoms with van der Waals surface area (Å²) in [4.78, 5) is 11.7. The summed E-state index contributed by atoms with van der Waals surface area (Å²) >= 11 is 0. The molecule has 0 aliphatic carbocycles. The lowest BCUT2D eigenvalue weighted by atomic mass is 9.79. The highest BCUT2D eigenvalue weighted by atomic mass is 16.4. The average Bonchev–Trinajstić information content (AvgIpc) is 3.07. The van der Waals surface area contributed by atoms with Crippen molar-refractivity contribution in [3.63, 3.8) is 0 Å². The summed E-state index contributed by atoms with van der Waals surface area (Å²) in [6.07, 6.45) is 12.1. The topological polar surface area (TPSA) is 78.9 Å². The molecule has 5 heteroatoms. The summed E-state index contributed by atoms with van der Waals surface area (Å²) in [6.45, 7) is 18.7. The Morgan fingerprint density at radius 3 is 2.23 bits per heavy atom. The van der Waals surface area contributed by atoms with Gasteiger partial charge in [-0.2, -0.15) is 15.4 Å². The molecule has 0 bridgehead atoms. The summed E-state index contributed by atoms with van der Waals surface area (Å²) in [7, 11) is 0. The number of allylic oxidation sites excluding steroid dienone is 8. The number of hydrogen-bond acceptors (Lipinski definition) is 3. The van der Waals surface area contributed by atoms with Crippen molar-refractivity contribution in [1.82, 2.24) is 15.4 Å². The second-order valence-corrected chi connectivity index (χ2v) is 5.75. The van der Waals surface area contributed by atoms with Crippen molar-refractivity contribution in [1.29, 1.82) is 0 Å². The van der Waals surface area contributed by atoms with Gasteiger partial charge >= 0.3 is 5.97 Å². The molecule has 0 fully saturated rings. The minimum absolute atomic E-state index is 0.454. The van der Waals surface area contributed by atoms with Gasteiger partial charge in [0.05, 0.1) is 5.92 Å². The maximum absolute atomic E-state index is 11.7. The maximum Gasteiger partial charge on any atom is 0.307 e. The number of aromatic amines is 1. The van der Waals surface area contributed by atoms with E-state index in [4.69, 9.17) is 0 Å². The third-order valence-corrected chi connectivity index (χ3v) is 3.95. The van der Waals surface area contributed by atoms with Crippen molar-refractivity contribution in [3.8, 4) is 0 Å². The maximum atomic E-state index is 11.7. The fourth-order valence-corrected chi connectivity index (χ4v) is 2.62. The Hall–Kier alpha value is -3.21. The van der Waals surface area contributed by atoms with Crippen LogP contribution in [-0.4, -0.2) is 26.5 Å². The third-order valence-electron chi connectivity index (χ3n) is 3.95. The number of carboxylic acid groups (broad SMARTS) is 1. The lowest BCUT2D eigenvalue weighted by Gasteiger charge is -2.24. The third kappa shape index (κ3) is 5.14. The highest BCUT2D eigenvalue weighted by Crippen LogP contribution is 2.32. The van der Waals surface area contributed by atoms with Crippen molar-refractivity contribution in [2.45, 2.75) is 13.8 Å². The molecule has 2 unspecified atom stereocenters. The molecule has 0 radical (unpaired) electrons. The molecule has 0 aliphatic heterocycles. The predicted octanol–water partition coefficient (Wildman–Crippen LogP) is 4.60. The fourth-order valence-electron chi connectivity index (χ4n) is 2.62. The van der Waals surface area contributed by atoms with Crippen LogP contribution in [0.5, 0.6) is 0 Å². The molecular weight excluding hydrogens is 326 g/mol. The van der Waals surface area contributed by atoms with Gasteiger partial charge in [-0.1, -0.05) is 69.2 Å². The van der Waals surface area contributed by atoms with E-state index in [0.29, 0.717) is 17.0 Å². The fraction of sp³-hybridized carbons (Fsp3) is 0.190. The molecule has 0 spiro atoms. The molecule has 0 aromatic carbocycles. The van der Waals surface area contributed by atoms with Gasteiger partial charge in [0.2, 0.25) is 0 Å². The van der Waals surface area contributed by atoms with E-state index in [1.54, 1.807) is 37.3 Å². The molecule has 1 aromatic rings. The molecule has 136 valence electrons. The van der Waals surface area contributed by atoms with Gasteiger partial charge in [-0.15, -0.1) is 0 Å². The van der Waals surface area contributed by atoms with E-state index in [-0.39, 0.29) is 0 Å². The number of carboxylic acids is 1. The molecular formula is C21H25N3O2. The van der Waals surface area contributed by atoms with Gasteiger partial charge in [0.25, 0.3) is 0 Å². The van der Waals surface area contributed by atoms with Gasteiger partial charge in [0, 0.05) is 5.92 Å². The summed E-state index contributed by atoms with van der Waals surface area (Å²) in [6, 6.07) is 0. The summed E-state index contributed by atoms with van der Waals surface area (Å²) in [5, 5.41) is 20.2. The Labute approximate surface area is 154 Å². The Morgan fingerprint density at radius 1 is 1.12 bits per heavy atom. The Balaban J connectivity index is 3.57. The molecule has 0 amide bonds. The number of nitrogens with zero attached hydrogens (tertiary/aromatic N) is 2. The van der Waals surface area contributed by atoms with Crippen molar-refractivity contribution in [2.24, 2.45) is 11.8 Å². The van der Waals surface area contributed by atoms with Crippen LogP contribution in [0.1, 0.15) is 25.2 Å². The van der Waals surface area contributed by atoms with Crippen molar-refractivity contribution < 1.29 is 9.90 Å². The Bertz CT molecular complexity index is 794. The first kappa shape index (κ1) is 20.8. The van der Waals surface area contributed by atoms with Crippen LogP contribution in [0.15, 0.2) is 73.4 Å². The van der Waals surface area contributed by atoms with E-state index in [9.17, 15) is 9.90 Å².